The highest BCUT2D eigenvalue weighted by atomic mass is 16.5. The first-order valence-corrected chi connectivity index (χ1v) is 16.5. The second-order valence-electron chi connectivity index (χ2n) is 12.0. The van der Waals surface area contributed by atoms with Gasteiger partial charge in [0.1, 0.15) is 23.9 Å². The van der Waals surface area contributed by atoms with E-state index in [2.05, 4.69) is 51.1 Å². The number of rotatable bonds is 12. The van der Waals surface area contributed by atoms with Gasteiger partial charge in [0.05, 0.1) is 38.9 Å². The van der Waals surface area contributed by atoms with Gasteiger partial charge in [-0.1, -0.05) is 12.1 Å². The van der Waals surface area contributed by atoms with E-state index in [1.54, 1.807) is 36.7 Å². The minimum atomic E-state index is -0.405. The van der Waals surface area contributed by atoms with Crippen LogP contribution in [0.15, 0.2) is 144 Å². The second-order valence-corrected chi connectivity index (χ2v) is 12.0. The first-order valence-electron chi connectivity index (χ1n) is 16.5. The molecule has 0 bridgehead atoms. The van der Waals surface area contributed by atoms with Gasteiger partial charge in [0, 0.05) is 23.3 Å². The third-order valence-corrected chi connectivity index (χ3v) is 8.56. The van der Waals surface area contributed by atoms with Crippen molar-refractivity contribution >= 4 is 35.5 Å². The molecule has 0 saturated heterocycles. The number of carbonyl (C=O) groups is 2. The Labute approximate surface area is 299 Å². The number of fused-ring (bicyclic) bond motifs is 2. The number of nitrogens with zero attached hydrogens (tertiary/aromatic N) is 6. The lowest BCUT2D eigenvalue weighted by atomic mass is 10.1. The number of aryl methyl sites for hydroxylation is 2. The number of hydrogen-bond donors (Lipinski definition) is 2. The number of carbonyl (C=O) groups excluding carboxylic acids is 2. The fourth-order valence-electron chi connectivity index (χ4n) is 5.59. The molecule has 12 nitrogen and oxygen atoms in total. The van der Waals surface area contributed by atoms with Crippen LogP contribution in [0.3, 0.4) is 0 Å². The summed E-state index contributed by atoms with van der Waals surface area (Å²) in [5.74, 6) is 0.632. The van der Waals surface area contributed by atoms with Crippen molar-refractivity contribution in [2.75, 3.05) is 0 Å². The van der Waals surface area contributed by atoms with E-state index in [-0.39, 0.29) is 0 Å². The van der Waals surface area contributed by atoms with E-state index in [9.17, 15) is 9.59 Å². The first-order chi connectivity index (χ1) is 25.4. The molecule has 0 unspecified atom stereocenters. The van der Waals surface area contributed by atoms with Gasteiger partial charge in [-0.15, -0.1) is 0 Å². The van der Waals surface area contributed by atoms with Crippen LogP contribution in [0.5, 0.6) is 11.5 Å². The molecule has 0 aliphatic rings. The summed E-state index contributed by atoms with van der Waals surface area (Å²) >= 11 is 0. The quantitative estimate of drug-likeness (QED) is 0.111. The van der Waals surface area contributed by atoms with Gasteiger partial charge in [0.2, 0.25) is 0 Å². The van der Waals surface area contributed by atoms with Crippen LogP contribution >= 0.6 is 0 Å². The zero-order valence-electron chi connectivity index (χ0n) is 28.6. The summed E-state index contributed by atoms with van der Waals surface area (Å²) in [7, 11) is 4.02. The highest BCUT2D eigenvalue weighted by Crippen LogP contribution is 2.16. The van der Waals surface area contributed by atoms with Crippen LogP contribution in [0.4, 0.5) is 0 Å². The van der Waals surface area contributed by atoms with E-state index in [1.807, 2.05) is 112 Å². The van der Waals surface area contributed by atoms with Gasteiger partial charge in [-0.25, -0.2) is 28.8 Å². The standard InChI is InChI=1S/C40H34N8O4/c1-45-33(25-47-21-5-3-7-37(45)47)27-51-35-17-9-29(10-18-35)23-41-43-39(49)31-13-15-32(16-14-31)40(50)44-42-24-30-11-19-36(20-12-30)52-28-34-26-48-22-6-4-8-38(48)46(34)2/h3-26H,27-28H2,1-2H3/p+2/b41-23-,42-24-. The van der Waals surface area contributed by atoms with Gasteiger partial charge < -0.3 is 9.47 Å². The van der Waals surface area contributed by atoms with Crippen molar-refractivity contribution in [3.05, 3.63) is 168 Å². The molecule has 52 heavy (non-hydrogen) atoms. The van der Waals surface area contributed by atoms with E-state index in [0.29, 0.717) is 24.3 Å². The van der Waals surface area contributed by atoms with Crippen LogP contribution < -0.4 is 29.1 Å². The monoisotopic (exact) mass is 692 g/mol. The van der Waals surface area contributed by atoms with Crippen LogP contribution in [-0.2, 0) is 27.3 Å². The maximum atomic E-state index is 12.6. The van der Waals surface area contributed by atoms with Crippen LogP contribution in [0.25, 0.3) is 11.3 Å². The Bertz CT molecular complexity index is 2240. The fourth-order valence-corrected chi connectivity index (χ4v) is 5.59. The van der Waals surface area contributed by atoms with Gasteiger partial charge in [-0.3, -0.25) is 9.59 Å². The zero-order chi connectivity index (χ0) is 35.9. The number of aromatic nitrogens is 4. The molecule has 0 aliphatic carbocycles. The average Bonchev–Trinajstić information content (AvgIpc) is 3.68. The largest absolute Gasteiger partial charge is 0.485 e. The lowest BCUT2D eigenvalue weighted by molar-refractivity contribution is -0.511. The van der Waals surface area contributed by atoms with Crippen LogP contribution in [-0.4, -0.2) is 33.4 Å². The number of ether oxygens (including phenoxy) is 2. The van der Waals surface area contributed by atoms with Crippen molar-refractivity contribution in [2.45, 2.75) is 13.2 Å². The number of nitrogens with one attached hydrogen (secondary N) is 2. The van der Waals surface area contributed by atoms with Crippen molar-refractivity contribution in [2.24, 2.45) is 24.3 Å². The molecule has 0 aliphatic heterocycles. The number of amides is 2. The minimum Gasteiger partial charge on any atom is -0.485 e. The summed E-state index contributed by atoms with van der Waals surface area (Å²) < 4.78 is 20.2. The van der Waals surface area contributed by atoms with Crippen LogP contribution in [0.1, 0.15) is 43.2 Å². The van der Waals surface area contributed by atoms with Crippen LogP contribution in [0, 0.1) is 0 Å². The minimum absolute atomic E-state index is 0.355. The summed E-state index contributed by atoms with van der Waals surface area (Å²) in [6.07, 6.45) is 11.2. The van der Waals surface area contributed by atoms with Gasteiger partial charge in [0.25, 0.3) is 23.1 Å². The molecular formula is C40H36N8O4+2. The second kappa shape index (κ2) is 15.2. The zero-order valence-corrected chi connectivity index (χ0v) is 28.6. The number of hydrazone groups is 2. The summed E-state index contributed by atoms with van der Waals surface area (Å²) in [6, 6.07) is 33.1. The van der Waals surface area contributed by atoms with Gasteiger partial charge in [-0.05, 0) is 96.1 Å². The lowest BCUT2D eigenvalue weighted by Crippen LogP contribution is -2.19. The topological polar surface area (TPSA) is 119 Å². The first kappa shape index (κ1) is 33.4. The number of pyridine rings is 2. The molecule has 0 saturated carbocycles. The predicted octanol–water partition coefficient (Wildman–Crippen LogP) is 4.53. The highest BCUT2D eigenvalue weighted by molar-refractivity contribution is 5.98. The Morgan fingerprint density at radius 1 is 0.596 bits per heavy atom. The molecule has 4 aromatic heterocycles. The summed E-state index contributed by atoms with van der Waals surface area (Å²) in [5, 5.41) is 8.13. The van der Waals surface area contributed by atoms with Gasteiger partial charge in [0.15, 0.2) is 24.6 Å². The van der Waals surface area contributed by atoms with E-state index in [4.69, 9.17) is 9.47 Å². The molecule has 0 radical (unpaired) electrons. The molecule has 258 valence electrons. The van der Waals surface area contributed by atoms with Gasteiger partial charge >= 0.3 is 0 Å². The molecular weight excluding hydrogens is 656 g/mol. The Morgan fingerprint density at radius 2 is 1.00 bits per heavy atom. The Morgan fingerprint density at radius 3 is 1.38 bits per heavy atom. The maximum absolute atomic E-state index is 12.6. The number of benzene rings is 3. The smallest absolute Gasteiger partial charge is 0.286 e. The molecule has 0 spiro atoms. The van der Waals surface area contributed by atoms with Gasteiger partial charge in [-0.2, -0.15) is 10.2 Å². The fraction of sp³-hybridized carbons (Fsp3) is 0.100. The Kier molecular flexibility index (Phi) is 9.78. The summed E-state index contributed by atoms with van der Waals surface area (Å²) in [4.78, 5) is 25.2. The van der Waals surface area contributed by atoms with Crippen LogP contribution in [0.2, 0.25) is 0 Å². The third-order valence-electron chi connectivity index (χ3n) is 8.56. The van der Waals surface area contributed by atoms with Crippen molar-refractivity contribution in [3.63, 3.8) is 0 Å². The van der Waals surface area contributed by atoms with E-state index in [1.165, 1.54) is 0 Å². The normalized spacial score (nSPS) is 11.4. The molecule has 0 atom stereocenters. The molecule has 0 fully saturated rings. The molecule has 7 aromatic rings. The molecule has 3 aromatic carbocycles. The molecule has 2 N–H and O–H groups in total. The molecule has 2 amide bonds. The van der Waals surface area contributed by atoms with E-state index >= 15 is 0 Å². The molecule has 4 heterocycles. The Balaban J connectivity index is 0.842. The molecule has 12 heteroatoms. The Hall–Kier alpha value is -7.08. The molecule has 7 rings (SSSR count). The predicted molar refractivity (Wildman–Crippen MR) is 195 cm³/mol. The summed E-state index contributed by atoms with van der Waals surface area (Å²) in [5.41, 5.74) is 11.6. The average molecular weight is 693 g/mol. The lowest BCUT2D eigenvalue weighted by Gasteiger charge is -2.05. The summed E-state index contributed by atoms with van der Waals surface area (Å²) in [6.45, 7) is 0.849. The van der Waals surface area contributed by atoms with Crippen molar-refractivity contribution in [1.82, 2.24) is 20.0 Å². The van der Waals surface area contributed by atoms with Crippen molar-refractivity contribution in [3.8, 4) is 11.5 Å². The van der Waals surface area contributed by atoms with Crippen molar-refractivity contribution < 1.29 is 27.9 Å². The van der Waals surface area contributed by atoms with Crippen molar-refractivity contribution in [1.29, 1.82) is 0 Å². The van der Waals surface area contributed by atoms with E-state index < -0.39 is 11.8 Å². The SMILES string of the molecule is Cn1c(COc2ccc(/C=N\NC(=O)c3ccc(C(=O)N/N=C\c4ccc(OCc5c[n+]6ccccc6n5C)cc4)cc3)cc2)c[n+]2ccccc12. The highest BCUT2D eigenvalue weighted by Gasteiger charge is 2.15. The maximum Gasteiger partial charge on any atom is 0.286 e. The third kappa shape index (κ3) is 7.71. The van der Waals surface area contributed by atoms with E-state index in [0.717, 1.165) is 45.3 Å². The number of imidazole rings is 2. The number of hydrogen-bond acceptors (Lipinski definition) is 6.